The molecular weight excluding hydrogens is 412 g/mol. The van der Waals surface area contributed by atoms with Gasteiger partial charge in [-0.25, -0.2) is 4.98 Å². The van der Waals surface area contributed by atoms with E-state index in [2.05, 4.69) is 10.2 Å². The van der Waals surface area contributed by atoms with Crippen LogP contribution >= 0.6 is 11.3 Å². The smallest absolute Gasteiger partial charge is 0.229 e. The maximum Gasteiger partial charge on any atom is 0.229 e. The number of anilines is 3. The van der Waals surface area contributed by atoms with Crippen molar-refractivity contribution in [1.82, 2.24) is 4.98 Å². The first-order valence-electron chi connectivity index (χ1n) is 10.5. The van der Waals surface area contributed by atoms with Crippen molar-refractivity contribution in [3.63, 3.8) is 0 Å². The molecular formula is C23H24N4O3S. The van der Waals surface area contributed by atoms with Crippen LogP contribution in [-0.2, 0) is 14.3 Å². The number of carbonyl (C=O) groups excluding carboxylic acids is 2. The van der Waals surface area contributed by atoms with Gasteiger partial charge in [0.25, 0.3) is 0 Å². The predicted molar refractivity (Wildman–Crippen MR) is 123 cm³/mol. The maximum atomic E-state index is 12.9. The number of thiazole rings is 1. The van der Waals surface area contributed by atoms with Crippen molar-refractivity contribution >= 4 is 49.9 Å². The maximum absolute atomic E-state index is 12.9. The van der Waals surface area contributed by atoms with E-state index in [0.29, 0.717) is 6.54 Å². The molecule has 1 N–H and O–H groups in total. The Morgan fingerprint density at radius 2 is 1.94 bits per heavy atom. The first kappa shape index (κ1) is 20.0. The molecule has 0 spiro atoms. The van der Waals surface area contributed by atoms with Crippen LogP contribution in [0.4, 0.5) is 16.5 Å². The molecule has 2 aromatic carbocycles. The predicted octanol–water partition coefficient (Wildman–Crippen LogP) is 3.43. The lowest BCUT2D eigenvalue weighted by Crippen LogP contribution is -2.36. The highest BCUT2D eigenvalue weighted by atomic mass is 32.1. The lowest BCUT2D eigenvalue weighted by Gasteiger charge is -2.25. The number of carbonyl (C=O) groups is 2. The van der Waals surface area contributed by atoms with E-state index in [1.165, 1.54) is 0 Å². The Bertz CT molecular complexity index is 1120. The minimum Gasteiger partial charge on any atom is -0.378 e. The normalized spacial score (nSPS) is 19.3. The molecule has 2 aliphatic rings. The zero-order valence-corrected chi connectivity index (χ0v) is 18.2. The van der Waals surface area contributed by atoms with Crippen LogP contribution in [0, 0.1) is 12.8 Å². The number of amides is 2. The number of benzene rings is 2. The van der Waals surface area contributed by atoms with Gasteiger partial charge in [0.2, 0.25) is 11.8 Å². The third kappa shape index (κ3) is 4.13. The molecule has 31 heavy (non-hydrogen) atoms. The first-order valence-corrected chi connectivity index (χ1v) is 11.3. The molecule has 0 bridgehead atoms. The molecule has 8 heteroatoms. The van der Waals surface area contributed by atoms with E-state index in [1.54, 1.807) is 16.2 Å². The van der Waals surface area contributed by atoms with Gasteiger partial charge in [-0.05, 0) is 37.3 Å². The quantitative estimate of drug-likeness (QED) is 0.678. The van der Waals surface area contributed by atoms with Crippen molar-refractivity contribution in [1.29, 1.82) is 0 Å². The molecule has 160 valence electrons. The Morgan fingerprint density at radius 1 is 1.16 bits per heavy atom. The van der Waals surface area contributed by atoms with Gasteiger partial charge in [-0.1, -0.05) is 29.0 Å². The average molecular weight is 437 g/mol. The van der Waals surface area contributed by atoms with E-state index in [0.717, 1.165) is 58.6 Å². The summed E-state index contributed by atoms with van der Waals surface area (Å²) in [4.78, 5) is 34.0. The molecule has 7 nitrogen and oxygen atoms in total. The van der Waals surface area contributed by atoms with Crippen LogP contribution in [0.2, 0.25) is 0 Å². The molecule has 2 amide bonds. The Balaban J connectivity index is 1.27. The summed E-state index contributed by atoms with van der Waals surface area (Å²) in [6, 6.07) is 13.6. The summed E-state index contributed by atoms with van der Waals surface area (Å²) in [6.45, 7) is 5.54. The van der Waals surface area contributed by atoms with Crippen LogP contribution in [0.3, 0.4) is 0 Å². The van der Waals surface area contributed by atoms with E-state index < -0.39 is 0 Å². The molecule has 2 aliphatic heterocycles. The fourth-order valence-electron chi connectivity index (χ4n) is 3.98. The van der Waals surface area contributed by atoms with Gasteiger partial charge < -0.3 is 19.9 Å². The number of morpholine rings is 1. The van der Waals surface area contributed by atoms with E-state index in [4.69, 9.17) is 9.72 Å². The van der Waals surface area contributed by atoms with Crippen LogP contribution in [0.15, 0.2) is 42.5 Å². The minimum absolute atomic E-state index is 0.0166. The van der Waals surface area contributed by atoms with Crippen molar-refractivity contribution in [3.05, 3.63) is 48.0 Å². The van der Waals surface area contributed by atoms with Gasteiger partial charge in [0.15, 0.2) is 5.13 Å². The number of hydrogen-bond acceptors (Lipinski definition) is 6. The molecule has 3 heterocycles. The largest absolute Gasteiger partial charge is 0.378 e. The third-order valence-corrected chi connectivity index (χ3v) is 6.85. The van der Waals surface area contributed by atoms with E-state index in [9.17, 15) is 9.59 Å². The van der Waals surface area contributed by atoms with Crippen molar-refractivity contribution in [2.75, 3.05) is 48.0 Å². The van der Waals surface area contributed by atoms with E-state index in [-0.39, 0.29) is 24.2 Å². The summed E-state index contributed by atoms with van der Waals surface area (Å²) in [5.41, 5.74) is 3.63. The number of ether oxygens (including phenoxy) is 1. The number of nitrogens with one attached hydrogen (secondary N) is 1. The van der Waals surface area contributed by atoms with Crippen LogP contribution < -0.4 is 15.1 Å². The summed E-state index contributed by atoms with van der Waals surface area (Å²) >= 11 is 1.62. The van der Waals surface area contributed by atoms with Gasteiger partial charge >= 0.3 is 0 Å². The topological polar surface area (TPSA) is 74.8 Å². The molecule has 5 rings (SSSR count). The van der Waals surface area contributed by atoms with Crippen molar-refractivity contribution in [2.24, 2.45) is 5.92 Å². The number of aryl methyl sites for hydroxylation is 1. The summed E-state index contributed by atoms with van der Waals surface area (Å²) in [7, 11) is 0. The van der Waals surface area contributed by atoms with Crippen LogP contribution in [-0.4, -0.2) is 49.6 Å². The molecule has 0 radical (unpaired) electrons. The zero-order chi connectivity index (χ0) is 21.4. The lowest BCUT2D eigenvalue weighted by molar-refractivity contribution is -0.122. The summed E-state index contributed by atoms with van der Waals surface area (Å²) in [6.07, 6.45) is 0.226. The molecule has 0 aliphatic carbocycles. The highest BCUT2D eigenvalue weighted by molar-refractivity contribution is 7.22. The Hall–Kier alpha value is -2.97. The number of fused-ring (bicyclic) bond motifs is 1. The standard InChI is InChI=1S/C23H24N4O3S/c1-15-2-5-18(6-3-15)27-14-16(12-21(27)28)22(29)24-17-4-7-19-20(13-17)31-23(25-19)26-8-10-30-11-9-26/h2-7,13,16H,8-12,14H2,1H3,(H,24,29)/t16-/m0/s1. The van der Waals surface area contributed by atoms with Crippen molar-refractivity contribution < 1.29 is 14.3 Å². The summed E-state index contributed by atoms with van der Waals surface area (Å²) in [5.74, 6) is -0.507. The summed E-state index contributed by atoms with van der Waals surface area (Å²) < 4.78 is 6.45. The molecule has 2 saturated heterocycles. The number of nitrogens with zero attached hydrogens (tertiary/aromatic N) is 3. The lowest BCUT2D eigenvalue weighted by atomic mass is 10.1. The highest BCUT2D eigenvalue weighted by Gasteiger charge is 2.35. The van der Waals surface area contributed by atoms with Gasteiger partial charge in [-0.3, -0.25) is 9.59 Å². The Morgan fingerprint density at radius 3 is 2.71 bits per heavy atom. The SMILES string of the molecule is Cc1ccc(N2C[C@@H](C(=O)Nc3ccc4nc(N5CCOCC5)sc4c3)CC2=O)cc1. The van der Waals surface area contributed by atoms with Gasteiger partial charge in [-0.15, -0.1) is 0 Å². The molecule has 1 aromatic heterocycles. The van der Waals surface area contributed by atoms with E-state index >= 15 is 0 Å². The first-order chi connectivity index (χ1) is 15.1. The molecule has 3 aromatic rings. The highest BCUT2D eigenvalue weighted by Crippen LogP contribution is 2.32. The second kappa shape index (κ2) is 8.28. The monoisotopic (exact) mass is 436 g/mol. The van der Waals surface area contributed by atoms with Crippen LogP contribution in [0.25, 0.3) is 10.2 Å². The van der Waals surface area contributed by atoms with Gasteiger partial charge in [0.1, 0.15) is 0 Å². The van der Waals surface area contributed by atoms with Crippen molar-refractivity contribution in [2.45, 2.75) is 13.3 Å². The average Bonchev–Trinajstić information content (AvgIpc) is 3.38. The van der Waals surface area contributed by atoms with Gasteiger partial charge in [0.05, 0.1) is 29.3 Å². The van der Waals surface area contributed by atoms with Crippen LogP contribution in [0.1, 0.15) is 12.0 Å². The van der Waals surface area contributed by atoms with Gasteiger partial charge in [0, 0.05) is 37.4 Å². The second-order valence-electron chi connectivity index (χ2n) is 8.01. The Labute approximate surface area is 184 Å². The Kier molecular flexibility index (Phi) is 5.33. The fourth-order valence-corrected chi connectivity index (χ4v) is 5.04. The minimum atomic E-state index is -0.366. The third-order valence-electron chi connectivity index (χ3n) is 5.77. The second-order valence-corrected chi connectivity index (χ2v) is 9.02. The van der Waals surface area contributed by atoms with E-state index in [1.807, 2.05) is 49.4 Å². The van der Waals surface area contributed by atoms with Crippen molar-refractivity contribution in [3.8, 4) is 0 Å². The molecule has 1 atom stereocenters. The molecule has 0 saturated carbocycles. The fraction of sp³-hybridized carbons (Fsp3) is 0.348. The zero-order valence-electron chi connectivity index (χ0n) is 17.3. The number of hydrogen-bond donors (Lipinski definition) is 1. The summed E-state index contributed by atoms with van der Waals surface area (Å²) in [5, 5.41) is 3.98. The number of aromatic nitrogens is 1. The van der Waals surface area contributed by atoms with Crippen LogP contribution in [0.5, 0.6) is 0 Å². The van der Waals surface area contributed by atoms with Gasteiger partial charge in [-0.2, -0.15) is 0 Å². The molecule has 2 fully saturated rings. The molecule has 0 unspecified atom stereocenters. The number of rotatable bonds is 4.